The lowest BCUT2D eigenvalue weighted by molar-refractivity contribution is -0.138. The van der Waals surface area contributed by atoms with E-state index in [2.05, 4.69) is 5.32 Å². The number of halogens is 3. The minimum atomic E-state index is -1.16. The number of amides is 1. The molecule has 0 fully saturated rings. The van der Waals surface area contributed by atoms with Crippen molar-refractivity contribution in [3.05, 3.63) is 71.0 Å². The number of hydrogen-bond acceptors (Lipinski definition) is 2. The van der Waals surface area contributed by atoms with Gasteiger partial charge in [-0.05, 0) is 35.2 Å². The molecule has 0 aliphatic carbocycles. The first kappa shape index (κ1) is 19.5. The number of rotatable bonds is 7. The molecule has 0 saturated carbocycles. The fraction of sp³-hybridized carbons (Fsp3) is 0.263. The molecule has 2 aromatic rings. The first-order chi connectivity index (χ1) is 12.3. The van der Waals surface area contributed by atoms with E-state index in [0.29, 0.717) is 5.56 Å². The average Bonchev–Trinajstić information content (AvgIpc) is 2.56. The Hall–Kier alpha value is -2.83. The molecule has 2 aromatic carbocycles. The van der Waals surface area contributed by atoms with Crippen LogP contribution in [0.4, 0.5) is 13.2 Å². The molecule has 0 spiro atoms. The van der Waals surface area contributed by atoms with Crippen molar-refractivity contribution in [2.24, 2.45) is 0 Å². The molecule has 7 heteroatoms. The first-order valence-corrected chi connectivity index (χ1v) is 7.98. The molecule has 1 amide bonds. The van der Waals surface area contributed by atoms with E-state index >= 15 is 0 Å². The summed E-state index contributed by atoms with van der Waals surface area (Å²) in [6.07, 6.45) is -0.0850. The van der Waals surface area contributed by atoms with Crippen molar-refractivity contribution in [1.82, 2.24) is 5.32 Å². The molecule has 0 bridgehead atoms. The Bertz CT molecular complexity index is 793. The first-order valence-electron chi connectivity index (χ1n) is 7.98. The van der Waals surface area contributed by atoms with E-state index in [-0.39, 0.29) is 18.5 Å². The van der Waals surface area contributed by atoms with E-state index in [4.69, 9.17) is 0 Å². The lowest BCUT2D eigenvalue weighted by Crippen LogP contribution is -2.32. The van der Waals surface area contributed by atoms with E-state index < -0.39 is 41.2 Å². The molecular weight excluding hydrogens is 347 g/mol. The maximum absolute atomic E-state index is 13.7. The van der Waals surface area contributed by atoms with Gasteiger partial charge in [-0.15, -0.1) is 0 Å². The molecule has 0 aliphatic rings. The van der Waals surface area contributed by atoms with E-state index in [0.717, 1.165) is 24.3 Å². The molecule has 4 nitrogen and oxygen atoms in total. The highest BCUT2D eigenvalue weighted by atomic mass is 19.1. The van der Waals surface area contributed by atoms with Gasteiger partial charge in [0.05, 0.1) is 5.92 Å². The van der Waals surface area contributed by atoms with Crippen molar-refractivity contribution >= 4 is 11.9 Å². The van der Waals surface area contributed by atoms with Crippen molar-refractivity contribution in [3.63, 3.8) is 0 Å². The van der Waals surface area contributed by atoms with Gasteiger partial charge in [-0.25, -0.2) is 13.2 Å². The topological polar surface area (TPSA) is 66.4 Å². The fourth-order valence-corrected chi connectivity index (χ4v) is 2.62. The fourth-order valence-electron chi connectivity index (χ4n) is 2.62. The zero-order chi connectivity index (χ0) is 19.3. The molecule has 2 atom stereocenters. The maximum atomic E-state index is 13.7. The third-order valence-electron chi connectivity index (χ3n) is 4.06. The standard InChI is InChI=1S/C19H18F3NO3/c1-11(15-7-6-14(21)9-17(15)22)8-18(24)23-10-16(19(25)26)12-2-4-13(20)5-3-12/h2-7,9,11,16H,8,10H2,1H3,(H,23,24)(H,25,26). The summed E-state index contributed by atoms with van der Waals surface area (Å²) in [6, 6.07) is 8.12. The molecule has 26 heavy (non-hydrogen) atoms. The third kappa shape index (κ3) is 5.08. The predicted molar refractivity (Wildman–Crippen MR) is 89.2 cm³/mol. The second kappa shape index (κ2) is 8.51. The summed E-state index contributed by atoms with van der Waals surface area (Å²) in [7, 11) is 0. The number of benzene rings is 2. The Balaban J connectivity index is 1.97. The highest BCUT2D eigenvalue weighted by Crippen LogP contribution is 2.23. The van der Waals surface area contributed by atoms with Gasteiger partial charge < -0.3 is 10.4 Å². The second-order valence-corrected chi connectivity index (χ2v) is 6.02. The van der Waals surface area contributed by atoms with Gasteiger partial charge in [-0.3, -0.25) is 9.59 Å². The van der Waals surface area contributed by atoms with E-state index in [9.17, 15) is 27.9 Å². The van der Waals surface area contributed by atoms with Crippen LogP contribution in [0.5, 0.6) is 0 Å². The summed E-state index contributed by atoms with van der Waals surface area (Å²) >= 11 is 0. The molecule has 0 heterocycles. The van der Waals surface area contributed by atoms with Crippen LogP contribution in [0.15, 0.2) is 42.5 Å². The Labute approximate surface area is 148 Å². The SMILES string of the molecule is CC(CC(=O)NCC(C(=O)O)c1ccc(F)cc1)c1ccc(F)cc1F. The molecule has 2 unspecified atom stereocenters. The molecule has 138 valence electrons. The minimum Gasteiger partial charge on any atom is -0.481 e. The van der Waals surface area contributed by atoms with Crippen LogP contribution in [0.3, 0.4) is 0 Å². The second-order valence-electron chi connectivity index (χ2n) is 6.02. The van der Waals surface area contributed by atoms with Crippen LogP contribution in [0.1, 0.15) is 36.3 Å². The van der Waals surface area contributed by atoms with Crippen LogP contribution >= 0.6 is 0 Å². The molecular formula is C19H18F3NO3. The van der Waals surface area contributed by atoms with Gasteiger partial charge >= 0.3 is 5.97 Å². The number of hydrogen-bond donors (Lipinski definition) is 2. The highest BCUT2D eigenvalue weighted by molar-refractivity contribution is 5.80. The number of aliphatic carboxylic acids is 1. The monoisotopic (exact) mass is 365 g/mol. The van der Waals surface area contributed by atoms with Gasteiger partial charge in [0.1, 0.15) is 17.5 Å². The van der Waals surface area contributed by atoms with Crippen LogP contribution in [0, 0.1) is 17.5 Å². The van der Waals surface area contributed by atoms with Crippen molar-refractivity contribution in [1.29, 1.82) is 0 Å². The van der Waals surface area contributed by atoms with Gasteiger partial charge in [-0.2, -0.15) is 0 Å². The van der Waals surface area contributed by atoms with Gasteiger partial charge in [-0.1, -0.05) is 25.1 Å². The lowest BCUT2D eigenvalue weighted by Gasteiger charge is -2.16. The van der Waals surface area contributed by atoms with Gasteiger partial charge in [0.15, 0.2) is 0 Å². The van der Waals surface area contributed by atoms with Crippen molar-refractivity contribution < 1.29 is 27.9 Å². The average molecular weight is 365 g/mol. The van der Waals surface area contributed by atoms with E-state index in [1.54, 1.807) is 6.92 Å². The Morgan fingerprint density at radius 3 is 2.23 bits per heavy atom. The van der Waals surface area contributed by atoms with Crippen molar-refractivity contribution in [3.8, 4) is 0 Å². The van der Waals surface area contributed by atoms with Crippen LogP contribution in [0.25, 0.3) is 0 Å². The lowest BCUT2D eigenvalue weighted by atomic mass is 9.96. The van der Waals surface area contributed by atoms with Crippen molar-refractivity contribution in [2.75, 3.05) is 6.54 Å². The third-order valence-corrected chi connectivity index (χ3v) is 4.06. The van der Waals surface area contributed by atoms with Crippen LogP contribution in [0.2, 0.25) is 0 Å². The minimum absolute atomic E-state index is 0.0850. The quantitative estimate of drug-likeness (QED) is 0.788. The predicted octanol–water partition coefficient (Wildman–Crippen LogP) is 3.58. The molecule has 0 saturated heterocycles. The van der Waals surface area contributed by atoms with E-state index in [1.165, 1.54) is 18.2 Å². The molecule has 0 radical (unpaired) electrons. The molecule has 0 aliphatic heterocycles. The van der Waals surface area contributed by atoms with Crippen LogP contribution < -0.4 is 5.32 Å². The zero-order valence-corrected chi connectivity index (χ0v) is 14.0. The Morgan fingerprint density at radius 1 is 1.04 bits per heavy atom. The number of carbonyl (C=O) groups excluding carboxylic acids is 1. The number of carbonyl (C=O) groups is 2. The normalized spacial score (nSPS) is 13.1. The summed E-state index contributed by atoms with van der Waals surface area (Å²) in [4.78, 5) is 23.4. The maximum Gasteiger partial charge on any atom is 0.312 e. The van der Waals surface area contributed by atoms with Crippen LogP contribution in [-0.4, -0.2) is 23.5 Å². The van der Waals surface area contributed by atoms with Crippen molar-refractivity contribution in [2.45, 2.75) is 25.2 Å². The number of carboxylic acids is 1. The Kier molecular flexibility index (Phi) is 6.38. The molecule has 2 N–H and O–H groups in total. The van der Waals surface area contributed by atoms with Gasteiger partial charge in [0, 0.05) is 19.0 Å². The summed E-state index contributed by atoms with van der Waals surface area (Å²) in [6.45, 7) is 1.43. The van der Waals surface area contributed by atoms with E-state index in [1.807, 2.05) is 0 Å². The van der Waals surface area contributed by atoms with Gasteiger partial charge in [0.2, 0.25) is 5.91 Å². The summed E-state index contributed by atoms with van der Waals surface area (Å²) in [5.74, 6) is -5.09. The Morgan fingerprint density at radius 2 is 1.65 bits per heavy atom. The highest BCUT2D eigenvalue weighted by Gasteiger charge is 2.22. The van der Waals surface area contributed by atoms with Gasteiger partial charge in [0.25, 0.3) is 0 Å². The summed E-state index contributed by atoms with van der Waals surface area (Å²) < 4.78 is 39.6. The molecule has 0 aromatic heterocycles. The number of nitrogens with one attached hydrogen (secondary N) is 1. The van der Waals surface area contributed by atoms with Crippen LogP contribution in [-0.2, 0) is 9.59 Å². The number of carboxylic acid groups (broad SMARTS) is 1. The molecule has 2 rings (SSSR count). The summed E-state index contributed by atoms with van der Waals surface area (Å²) in [5, 5.41) is 11.8. The largest absolute Gasteiger partial charge is 0.481 e. The zero-order valence-electron chi connectivity index (χ0n) is 14.0. The smallest absolute Gasteiger partial charge is 0.312 e. The summed E-state index contributed by atoms with van der Waals surface area (Å²) in [5.41, 5.74) is 0.562.